The van der Waals surface area contributed by atoms with Gasteiger partial charge in [-0.15, -0.1) is 5.10 Å². The first-order chi connectivity index (χ1) is 7.70. The molecule has 0 atom stereocenters. The molecule has 16 heavy (non-hydrogen) atoms. The molecule has 2 aromatic heterocycles. The van der Waals surface area contributed by atoms with Gasteiger partial charge >= 0.3 is 0 Å². The lowest BCUT2D eigenvalue weighted by atomic mass is 10.1. The summed E-state index contributed by atoms with van der Waals surface area (Å²) in [6.07, 6.45) is 3.38. The minimum absolute atomic E-state index is 0.121. The molecule has 5 heteroatoms. The van der Waals surface area contributed by atoms with E-state index in [0.29, 0.717) is 11.5 Å². The van der Waals surface area contributed by atoms with Gasteiger partial charge in [0.2, 0.25) is 0 Å². The predicted molar refractivity (Wildman–Crippen MR) is 59.8 cm³/mol. The maximum atomic E-state index is 8.87. The SMILES string of the molecule is C=C(C)c1ccc(-n2cc(CO)nn2)nc1. The summed E-state index contributed by atoms with van der Waals surface area (Å²) >= 11 is 0. The van der Waals surface area contributed by atoms with E-state index in [4.69, 9.17) is 5.11 Å². The molecular formula is C11H12N4O. The van der Waals surface area contributed by atoms with Crippen LogP contribution in [0.4, 0.5) is 0 Å². The molecule has 0 amide bonds. The lowest BCUT2D eigenvalue weighted by Crippen LogP contribution is -1.98. The molecule has 0 aliphatic heterocycles. The van der Waals surface area contributed by atoms with E-state index >= 15 is 0 Å². The normalized spacial score (nSPS) is 10.4. The Morgan fingerprint density at radius 2 is 2.31 bits per heavy atom. The Hall–Kier alpha value is -2.01. The lowest BCUT2D eigenvalue weighted by Gasteiger charge is -2.01. The Labute approximate surface area is 93.1 Å². The smallest absolute Gasteiger partial charge is 0.155 e. The Bertz CT molecular complexity index is 501. The quantitative estimate of drug-likeness (QED) is 0.837. The molecule has 0 saturated carbocycles. The van der Waals surface area contributed by atoms with Crippen molar-refractivity contribution in [2.24, 2.45) is 0 Å². The van der Waals surface area contributed by atoms with Crippen LogP contribution in [0.2, 0.25) is 0 Å². The van der Waals surface area contributed by atoms with Crippen LogP contribution in [0.25, 0.3) is 11.4 Å². The first kappa shape index (κ1) is 10.5. The summed E-state index contributed by atoms with van der Waals surface area (Å²) in [5.74, 6) is 0.664. The highest BCUT2D eigenvalue weighted by Crippen LogP contribution is 2.11. The third-order valence-corrected chi connectivity index (χ3v) is 2.18. The Morgan fingerprint density at radius 3 is 2.81 bits per heavy atom. The topological polar surface area (TPSA) is 63.8 Å². The van der Waals surface area contributed by atoms with E-state index in [1.807, 2.05) is 19.1 Å². The maximum absolute atomic E-state index is 8.87. The summed E-state index contributed by atoms with van der Waals surface area (Å²) in [5.41, 5.74) is 2.48. The second-order valence-corrected chi connectivity index (χ2v) is 3.50. The molecule has 0 bridgehead atoms. The molecule has 0 radical (unpaired) electrons. The largest absolute Gasteiger partial charge is 0.390 e. The van der Waals surface area contributed by atoms with Crippen molar-refractivity contribution < 1.29 is 5.11 Å². The van der Waals surface area contributed by atoms with Gasteiger partial charge in [0.1, 0.15) is 5.69 Å². The zero-order valence-electron chi connectivity index (χ0n) is 8.96. The summed E-state index contributed by atoms with van der Waals surface area (Å²) in [7, 11) is 0. The number of nitrogens with zero attached hydrogens (tertiary/aromatic N) is 4. The van der Waals surface area contributed by atoms with Crippen LogP contribution in [-0.4, -0.2) is 25.1 Å². The van der Waals surface area contributed by atoms with Crippen molar-refractivity contribution in [1.29, 1.82) is 0 Å². The molecule has 0 saturated heterocycles. The minimum atomic E-state index is -0.121. The van der Waals surface area contributed by atoms with Crippen LogP contribution in [0.5, 0.6) is 0 Å². The van der Waals surface area contributed by atoms with E-state index < -0.39 is 0 Å². The molecule has 0 aliphatic rings. The van der Waals surface area contributed by atoms with Crippen molar-refractivity contribution in [3.63, 3.8) is 0 Å². The fraction of sp³-hybridized carbons (Fsp3) is 0.182. The van der Waals surface area contributed by atoms with Crippen LogP contribution in [0.3, 0.4) is 0 Å². The Kier molecular flexibility index (Phi) is 2.78. The molecule has 0 aromatic carbocycles. The zero-order chi connectivity index (χ0) is 11.5. The van der Waals surface area contributed by atoms with Crippen LogP contribution < -0.4 is 0 Å². The number of allylic oxidation sites excluding steroid dienone is 1. The standard InChI is InChI=1S/C11H12N4O/c1-8(2)9-3-4-11(12-5-9)15-6-10(7-16)13-14-15/h3-6,16H,1,7H2,2H3. The number of rotatable bonds is 3. The molecule has 0 unspecified atom stereocenters. The van der Waals surface area contributed by atoms with Gasteiger partial charge < -0.3 is 5.11 Å². The third kappa shape index (κ3) is 1.99. The summed E-state index contributed by atoms with van der Waals surface area (Å²) in [6.45, 7) is 5.64. The number of aliphatic hydroxyl groups is 1. The lowest BCUT2D eigenvalue weighted by molar-refractivity contribution is 0.276. The Morgan fingerprint density at radius 1 is 1.50 bits per heavy atom. The van der Waals surface area contributed by atoms with Crippen LogP contribution >= 0.6 is 0 Å². The van der Waals surface area contributed by atoms with Gasteiger partial charge in [-0.3, -0.25) is 0 Å². The van der Waals surface area contributed by atoms with Gasteiger partial charge in [0, 0.05) is 6.20 Å². The van der Waals surface area contributed by atoms with Gasteiger partial charge in [-0.05, 0) is 30.2 Å². The van der Waals surface area contributed by atoms with Crippen molar-refractivity contribution in [3.8, 4) is 5.82 Å². The molecule has 1 N–H and O–H groups in total. The first-order valence-corrected chi connectivity index (χ1v) is 4.85. The average molecular weight is 216 g/mol. The summed E-state index contributed by atoms with van der Waals surface area (Å²) in [4.78, 5) is 4.24. The van der Waals surface area contributed by atoms with E-state index in [0.717, 1.165) is 11.1 Å². The Balaban J connectivity index is 2.30. The average Bonchev–Trinajstić information content (AvgIpc) is 2.77. The van der Waals surface area contributed by atoms with Crippen LogP contribution in [0.15, 0.2) is 31.1 Å². The summed E-state index contributed by atoms with van der Waals surface area (Å²) in [6, 6.07) is 3.75. The maximum Gasteiger partial charge on any atom is 0.155 e. The summed E-state index contributed by atoms with van der Waals surface area (Å²) in [5, 5.41) is 16.5. The van der Waals surface area contributed by atoms with Crippen LogP contribution in [0, 0.1) is 0 Å². The molecule has 82 valence electrons. The summed E-state index contributed by atoms with van der Waals surface area (Å²) < 4.78 is 1.52. The van der Waals surface area contributed by atoms with Gasteiger partial charge in [0.05, 0.1) is 12.8 Å². The molecule has 0 aliphatic carbocycles. The second-order valence-electron chi connectivity index (χ2n) is 3.50. The second kappa shape index (κ2) is 4.24. The highest BCUT2D eigenvalue weighted by Gasteiger charge is 2.03. The molecule has 2 rings (SSSR count). The number of aliphatic hydroxyl groups excluding tert-OH is 1. The van der Waals surface area contributed by atoms with Gasteiger partial charge in [-0.2, -0.15) is 0 Å². The highest BCUT2D eigenvalue weighted by molar-refractivity contribution is 5.60. The molecular weight excluding hydrogens is 204 g/mol. The fourth-order valence-corrected chi connectivity index (χ4v) is 1.26. The van der Waals surface area contributed by atoms with E-state index in [-0.39, 0.29) is 6.61 Å². The fourth-order valence-electron chi connectivity index (χ4n) is 1.26. The third-order valence-electron chi connectivity index (χ3n) is 2.18. The van der Waals surface area contributed by atoms with Crippen molar-refractivity contribution in [3.05, 3.63) is 42.4 Å². The number of hydrogen-bond acceptors (Lipinski definition) is 4. The van der Waals surface area contributed by atoms with Gasteiger partial charge in [0.15, 0.2) is 5.82 Å². The first-order valence-electron chi connectivity index (χ1n) is 4.85. The van der Waals surface area contributed by atoms with Crippen molar-refractivity contribution in [1.82, 2.24) is 20.0 Å². The number of aromatic nitrogens is 4. The molecule has 5 nitrogen and oxygen atoms in total. The van der Waals surface area contributed by atoms with Crippen LogP contribution in [-0.2, 0) is 6.61 Å². The van der Waals surface area contributed by atoms with Gasteiger partial charge in [0.25, 0.3) is 0 Å². The van der Waals surface area contributed by atoms with Crippen molar-refractivity contribution in [2.75, 3.05) is 0 Å². The van der Waals surface area contributed by atoms with Gasteiger partial charge in [-0.1, -0.05) is 11.8 Å². The molecule has 2 aromatic rings. The number of pyridine rings is 1. The van der Waals surface area contributed by atoms with Crippen LogP contribution in [0.1, 0.15) is 18.2 Å². The molecule has 2 heterocycles. The van der Waals surface area contributed by atoms with E-state index in [1.54, 1.807) is 12.4 Å². The highest BCUT2D eigenvalue weighted by atomic mass is 16.3. The molecule has 0 fully saturated rings. The van der Waals surface area contributed by atoms with E-state index in [1.165, 1.54) is 4.68 Å². The molecule has 0 spiro atoms. The zero-order valence-corrected chi connectivity index (χ0v) is 8.96. The minimum Gasteiger partial charge on any atom is -0.390 e. The monoisotopic (exact) mass is 216 g/mol. The predicted octanol–water partition coefficient (Wildman–Crippen LogP) is 1.19. The van der Waals surface area contributed by atoms with Crippen molar-refractivity contribution in [2.45, 2.75) is 13.5 Å². The number of hydrogen-bond donors (Lipinski definition) is 1. The van der Waals surface area contributed by atoms with Gasteiger partial charge in [-0.25, -0.2) is 9.67 Å². The van der Waals surface area contributed by atoms with E-state index in [2.05, 4.69) is 21.9 Å². The van der Waals surface area contributed by atoms with Crippen molar-refractivity contribution >= 4 is 5.57 Å². The van der Waals surface area contributed by atoms with E-state index in [9.17, 15) is 0 Å².